The van der Waals surface area contributed by atoms with E-state index in [0.29, 0.717) is 5.56 Å². The molecule has 0 N–H and O–H groups in total. The normalized spacial score (nSPS) is 11.6. The van der Waals surface area contributed by atoms with Crippen LogP contribution in [0.25, 0.3) is 0 Å². The van der Waals surface area contributed by atoms with Crippen molar-refractivity contribution < 1.29 is 8.42 Å². The van der Waals surface area contributed by atoms with E-state index in [4.69, 9.17) is 11.6 Å². The summed E-state index contributed by atoms with van der Waals surface area (Å²) in [7, 11) is -3.26. The summed E-state index contributed by atoms with van der Waals surface area (Å²) in [5.41, 5.74) is 1.47. The van der Waals surface area contributed by atoms with Crippen LogP contribution in [0.15, 0.2) is 17.3 Å². The molecule has 1 aromatic rings. The Morgan fingerprint density at radius 2 is 2.14 bits per heavy atom. The molecule has 1 heterocycles. The molecule has 14 heavy (non-hydrogen) atoms. The van der Waals surface area contributed by atoms with E-state index in [0.717, 1.165) is 5.56 Å². The van der Waals surface area contributed by atoms with Crippen LogP contribution in [0.3, 0.4) is 0 Å². The maximum Gasteiger partial charge on any atom is 0.195 e. The van der Waals surface area contributed by atoms with E-state index in [-0.39, 0.29) is 16.7 Å². The van der Waals surface area contributed by atoms with E-state index >= 15 is 0 Å². The molecule has 0 saturated heterocycles. The molecule has 1 aromatic heterocycles. The third-order valence-corrected chi connectivity index (χ3v) is 4.03. The molecule has 0 atom stereocenters. The van der Waals surface area contributed by atoms with Gasteiger partial charge >= 0.3 is 0 Å². The summed E-state index contributed by atoms with van der Waals surface area (Å²) in [6, 6.07) is 1.76. The lowest BCUT2D eigenvalue weighted by Crippen LogP contribution is -2.10. The molecule has 0 bridgehead atoms. The molecule has 0 unspecified atom stereocenters. The Morgan fingerprint density at radius 1 is 1.50 bits per heavy atom. The smallest absolute Gasteiger partial charge is 0.195 e. The molecule has 0 amide bonds. The van der Waals surface area contributed by atoms with Crippen molar-refractivity contribution in [1.82, 2.24) is 4.98 Å². The van der Waals surface area contributed by atoms with Crippen LogP contribution in [0.1, 0.15) is 18.1 Å². The zero-order valence-corrected chi connectivity index (χ0v) is 9.69. The van der Waals surface area contributed by atoms with Crippen molar-refractivity contribution >= 4 is 21.4 Å². The minimum absolute atomic E-state index is 0.0490. The molecule has 3 nitrogen and oxygen atoms in total. The molecule has 0 spiro atoms. The number of aryl methyl sites for hydroxylation is 1. The SMILES string of the molecule is CCS(=O)(=O)c1nccc(C)c1CCl. The van der Waals surface area contributed by atoms with E-state index in [9.17, 15) is 8.42 Å². The van der Waals surface area contributed by atoms with Crippen molar-refractivity contribution in [2.75, 3.05) is 5.75 Å². The van der Waals surface area contributed by atoms with Gasteiger partial charge < -0.3 is 0 Å². The van der Waals surface area contributed by atoms with Crippen LogP contribution in [0.2, 0.25) is 0 Å². The monoisotopic (exact) mass is 233 g/mol. The number of sulfone groups is 1. The summed E-state index contributed by atoms with van der Waals surface area (Å²) in [6.45, 7) is 3.42. The number of hydrogen-bond donors (Lipinski definition) is 0. The molecule has 0 aliphatic rings. The van der Waals surface area contributed by atoms with E-state index in [2.05, 4.69) is 4.98 Å². The number of nitrogens with zero attached hydrogens (tertiary/aromatic N) is 1. The number of aromatic nitrogens is 1. The van der Waals surface area contributed by atoms with Crippen LogP contribution in [-0.4, -0.2) is 19.2 Å². The zero-order valence-electron chi connectivity index (χ0n) is 8.12. The topological polar surface area (TPSA) is 47.0 Å². The van der Waals surface area contributed by atoms with Gasteiger partial charge in [-0.3, -0.25) is 0 Å². The first-order chi connectivity index (χ1) is 6.53. The standard InChI is InChI=1S/C9H12ClNO2S/c1-3-14(12,13)9-8(6-10)7(2)4-5-11-9/h4-5H,3,6H2,1-2H3. The summed E-state index contributed by atoms with van der Waals surface area (Å²) < 4.78 is 23.2. The van der Waals surface area contributed by atoms with Gasteiger partial charge in [-0.1, -0.05) is 6.92 Å². The van der Waals surface area contributed by atoms with E-state index in [1.165, 1.54) is 6.20 Å². The maximum atomic E-state index is 11.6. The van der Waals surface area contributed by atoms with E-state index in [1.807, 2.05) is 6.92 Å². The highest BCUT2D eigenvalue weighted by Gasteiger charge is 2.18. The van der Waals surface area contributed by atoms with Gasteiger partial charge in [-0.2, -0.15) is 0 Å². The predicted molar refractivity (Wildman–Crippen MR) is 56.3 cm³/mol. The number of hydrogen-bond acceptors (Lipinski definition) is 3. The van der Waals surface area contributed by atoms with Gasteiger partial charge in [0.15, 0.2) is 14.9 Å². The molecule has 0 radical (unpaired) electrons. The third-order valence-electron chi connectivity index (χ3n) is 2.06. The second-order valence-electron chi connectivity index (χ2n) is 2.95. The lowest BCUT2D eigenvalue weighted by Gasteiger charge is -2.07. The fourth-order valence-corrected chi connectivity index (χ4v) is 2.65. The molecule has 0 aliphatic carbocycles. The summed E-state index contributed by atoms with van der Waals surface area (Å²) in [4.78, 5) is 3.88. The average Bonchev–Trinajstić information content (AvgIpc) is 2.17. The van der Waals surface area contributed by atoms with Gasteiger partial charge in [0.25, 0.3) is 0 Å². The fraction of sp³-hybridized carbons (Fsp3) is 0.444. The first kappa shape index (κ1) is 11.5. The highest BCUT2D eigenvalue weighted by molar-refractivity contribution is 7.91. The first-order valence-electron chi connectivity index (χ1n) is 4.26. The molecule has 0 fully saturated rings. The maximum absolute atomic E-state index is 11.6. The van der Waals surface area contributed by atoms with E-state index < -0.39 is 9.84 Å². The molecular formula is C9H12ClNO2S. The molecule has 0 aromatic carbocycles. The van der Waals surface area contributed by atoms with Gasteiger partial charge in [0.1, 0.15) is 0 Å². The molecular weight excluding hydrogens is 222 g/mol. The van der Waals surface area contributed by atoms with Gasteiger partial charge in [0, 0.05) is 11.8 Å². The van der Waals surface area contributed by atoms with Crippen molar-refractivity contribution in [2.24, 2.45) is 0 Å². The third kappa shape index (κ3) is 2.07. The minimum Gasteiger partial charge on any atom is -0.244 e. The molecule has 0 aliphatic heterocycles. The van der Waals surface area contributed by atoms with Crippen LogP contribution < -0.4 is 0 Å². The highest BCUT2D eigenvalue weighted by Crippen LogP contribution is 2.19. The predicted octanol–water partition coefficient (Wildman–Crippen LogP) is 1.92. The Morgan fingerprint density at radius 3 is 2.64 bits per heavy atom. The largest absolute Gasteiger partial charge is 0.244 e. The van der Waals surface area contributed by atoms with Crippen LogP contribution in [-0.2, 0) is 15.7 Å². The van der Waals surface area contributed by atoms with E-state index in [1.54, 1.807) is 13.0 Å². The van der Waals surface area contributed by atoms with Crippen LogP contribution >= 0.6 is 11.6 Å². The number of halogens is 1. The van der Waals surface area contributed by atoms with Crippen molar-refractivity contribution in [3.63, 3.8) is 0 Å². The first-order valence-corrected chi connectivity index (χ1v) is 6.44. The second kappa shape index (κ2) is 4.28. The summed E-state index contributed by atoms with van der Waals surface area (Å²) in [6.07, 6.45) is 1.49. The summed E-state index contributed by atoms with van der Waals surface area (Å²) >= 11 is 5.70. The van der Waals surface area contributed by atoms with Gasteiger partial charge in [0.2, 0.25) is 0 Å². The van der Waals surface area contributed by atoms with Gasteiger partial charge in [0.05, 0.1) is 11.6 Å². The zero-order chi connectivity index (χ0) is 10.8. The molecule has 0 saturated carbocycles. The molecule has 1 rings (SSSR count). The van der Waals surface area contributed by atoms with Crippen molar-refractivity contribution in [3.8, 4) is 0 Å². The Labute approximate surface area is 89.0 Å². The second-order valence-corrected chi connectivity index (χ2v) is 5.41. The van der Waals surface area contributed by atoms with Crippen LogP contribution in [0.5, 0.6) is 0 Å². The Bertz CT molecular complexity index is 428. The molecule has 5 heteroatoms. The lowest BCUT2D eigenvalue weighted by molar-refractivity contribution is 0.592. The van der Waals surface area contributed by atoms with Crippen molar-refractivity contribution in [3.05, 3.63) is 23.4 Å². The molecule has 78 valence electrons. The van der Waals surface area contributed by atoms with Gasteiger partial charge in [-0.25, -0.2) is 13.4 Å². The Kier molecular flexibility index (Phi) is 3.50. The Hall–Kier alpha value is -0.610. The quantitative estimate of drug-likeness (QED) is 0.750. The minimum atomic E-state index is -3.26. The fourth-order valence-electron chi connectivity index (χ4n) is 1.13. The number of pyridine rings is 1. The lowest BCUT2D eigenvalue weighted by atomic mass is 10.2. The van der Waals surface area contributed by atoms with Gasteiger partial charge in [-0.05, 0) is 18.6 Å². The Balaban J connectivity index is 3.42. The summed E-state index contributed by atoms with van der Waals surface area (Å²) in [5.74, 6) is 0.224. The van der Waals surface area contributed by atoms with Crippen LogP contribution in [0, 0.1) is 6.92 Å². The summed E-state index contributed by atoms with van der Waals surface area (Å²) in [5, 5.41) is 0.120. The average molecular weight is 234 g/mol. The van der Waals surface area contributed by atoms with Crippen molar-refractivity contribution in [1.29, 1.82) is 0 Å². The van der Waals surface area contributed by atoms with Gasteiger partial charge in [-0.15, -0.1) is 11.6 Å². The number of alkyl halides is 1. The van der Waals surface area contributed by atoms with Crippen molar-refractivity contribution in [2.45, 2.75) is 24.8 Å². The number of rotatable bonds is 3. The van der Waals surface area contributed by atoms with Crippen LogP contribution in [0.4, 0.5) is 0 Å². The highest BCUT2D eigenvalue weighted by atomic mass is 35.5.